The van der Waals surface area contributed by atoms with E-state index in [0.29, 0.717) is 16.5 Å². The van der Waals surface area contributed by atoms with Crippen LogP contribution in [0, 0.1) is 0 Å². The Bertz CT molecular complexity index is 1220. The average Bonchev–Trinajstić information content (AvgIpc) is 3.27. The van der Waals surface area contributed by atoms with Crippen LogP contribution < -0.4 is 4.72 Å². The molecular weight excluding hydrogens is 408 g/mol. The van der Waals surface area contributed by atoms with Crippen molar-refractivity contribution in [3.8, 4) is 22.6 Å². The molecule has 0 saturated carbocycles. The molecule has 2 aromatic carbocycles. The van der Waals surface area contributed by atoms with Crippen molar-refractivity contribution in [3.63, 3.8) is 0 Å². The molecular formula is C22H17ClN2O3S. The summed E-state index contributed by atoms with van der Waals surface area (Å²) in [5.74, 6) is 0.589. The van der Waals surface area contributed by atoms with Gasteiger partial charge in [0.05, 0.1) is 11.2 Å². The van der Waals surface area contributed by atoms with Gasteiger partial charge in [0, 0.05) is 17.8 Å². The molecule has 4 rings (SSSR count). The predicted molar refractivity (Wildman–Crippen MR) is 113 cm³/mol. The van der Waals surface area contributed by atoms with Crippen molar-refractivity contribution in [1.29, 1.82) is 0 Å². The van der Waals surface area contributed by atoms with Crippen molar-refractivity contribution in [3.05, 3.63) is 95.8 Å². The number of hydrogen-bond acceptors (Lipinski definition) is 4. The van der Waals surface area contributed by atoms with Crippen molar-refractivity contribution >= 4 is 21.6 Å². The maximum atomic E-state index is 12.7. The van der Waals surface area contributed by atoms with Gasteiger partial charge in [-0.1, -0.05) is 41.9 Å². The van der Waals surface area contributed by atoms with Gasteiger partial charge in [0.1, 0.15) is 5.69 Å². The van der Waals surface area contributed by atoms with Crippen LogP contribution in [0.5, 0.6) is 0 Å². The van der Waals surface area contributed by atoms with Gasteiger partial charge in [-0.15, -0.1) is 0 Å². The molecule has 5 nitrogen and oxygen atoms in total. The van der Waals surface area contributed by atoms with E-state index in [1.165, 1.54) is 0 Å². The molecule has 0 aliphatic carbocycles. The summed E-state index contributed by atoms with van der Waals surface area (Å²) in [5, 5.41) is 0.629. The Morgan fingerprint density at radius 2 is 1.76 bits per heavy atom. The van der Waals surface area contributed by atoms with Gasteiger partial charge in [-0.2, -0.15) is 0 Å². The van der Waals surface area contributed by atoms with E-state index in [-0.39, 0.29) is 11.4 Å². The minimum absolute atomic E-state index is 0.0995. The number of nitrogens with zero attached hydrogens (tertiary/aromatic N) is 1. The van der Waals surface area contributed by atoms with E-state index in [1.54, 1.807) is 61.0 Å². The summed E-state index contributed by atoms with van der Waals surface area (Å²) < 4.78 is 33.5. The van der Waals surface area contributed by atoms with E-state index in [4.69, 9.17) is 16.0 Å². The molecule has 2 heterocycles. The van der Waals surface area contributed by atoms with Gasteiger partial charge < -0.3 is 4.42 Å². The lowest BCUT2D eigenvalue weighted by molar-refractivity contribution is 0.575. The molecule has 0 fully saturated rings. The fourth-order valence-electron chi connectivity index (χ4n) is 2.97. The maximum Gasteiger partial charge on any atom is 0.240 e. The molecule has 0 bridgehead atoms. The topological polar surface area (TPSA) is 72.2 Å². The summed E-state index contributed by atoms with van der Waals surface area (Å²) in [5.41, 5.74) is 3.14. The van der Waals surface area contributed by atoms with E-state index in [1.807, 2.05) is 24.3 Å². The third kappa shape index (κ3) is 4.40. The van der Waals surface area contributed by atoms with Crippen molar-refractivity contribution in [2.75, 3.05) is 0 Å². The largest absolute Gasteiger partial charge is 0.463 e. The summed E-state index contributed by atoms with van der Waals surface area (Å²) in [7, 11) is -3.69. The highest BCUT2D eigenvalue weighted by atomic mass is 35.5. The fourth-order valence-corrected chi connectivity index (χ4v) is 4.16. The molecule has 0 atom stereocenters. The zero-order chi connectivity index (χ0) is 20.3. The van der Waals surface area contributed by atoms with E-state index < -0.39 is 10.0 Å². The lowest BCUT2D eigenvalue weighted by Crippen LogP contribution is -2.23. The normalized spacial score (nSPS) is 11.5. The van der Waals surface area contributed by atoms with E-state index in [0.717, 1.165) is 16.7 Å². The number of aromatic nitrogens is 1. The zero-order valence-corrected chi connectivity index (χ0v) is 16.8. The third-order valence-electron chi connectivity index (χ3n) is 4.42. The minimum Gasteiger partial charge on any atom is -0.463 e. The lowest BCUT2D eigenvalue weighted by atomic mass is 10.1. The first-order valence-corrected chi connectivity index (χ1v) is 10.7. The number of sulfonamides is 1. The molecule has 0 saturated heterocycles. The summed E-state index contributed by atoms with van der Waals surface area (Å²) in [6.07, 6.45) is 3.20. The molecule has 0 amide bonds. The summed E-state index contributed by atoms with van der Waals surface area (Å²) in [6, 6.07) is 21.2. The van der Waals surface area contributed by atoms with Crippen LogP contribution >= 0.6 is 11.6 Å². The molecule has 1 N–H and O–H groups in total. The highest BCUT2D eigenvalue weighted by Gasteiger charge is 2.16. The van der Waals surface area contributed by atoms with E-state index in [2.05, 4.69) is 9.71 Å². The number of furan rings is 1. The quantitative estimate of drug-likeness (QED) is 0.465. The van der Waals surface area contributed by atoms with Crippen LogP contribution in [-0.4, -0.2) is 13.4 Å². The molecule has 29 heavy (non-hydrogen) atoms. The minimum atomic E-state index is -3.69. The number of rotatable bonds is 6. The molecule has 0 aliphatic rings. The Morgan fingerprint density at radius 3 is 2.48 bits per heavy atom. The van der Waals surface area contributed by atoms with E-state index in [9.17, 15) is 8.42 Å². The number of halogens is 1. The Morgan fingerprint density at radius 1 is 0.931 bits per heavy atom. The molecule has 7 heteroatoms. The number of nitrogens with one attached hydrogen (secondary N) is 1. The van der Waals surface area contributed by atoms with Crippen molar-refractivity contribution in [2.24, 2.45) is 0 Å². The van der Waals surface area contributed by atoms with Crippen LogP contribution in [0.1, 0.15) is 5.56 Å². The summed E-state index contributed by atoms with van der Waals surface area (Å²) in [4.78, 5) is 4.49. The van der Waals surface area contributed by atoms with Crippen molar-refractivity contribution in [2.45, 2.75) is 11.4 Å². The van der Waals surface area contributed by atoms with Crippen LogP contribution in [0.15, 0.2) is 94.6 Å². The summed E-state index contributed by atoms with van der Waals surface area (Å²) >= 11 is 6.03. The van der Waals surface area contributed by atoms with E-state index >= 15 is 0 Å². The van der Waals surface area contributed by atoms with Crippen LogP contribution in [0.3, 0.4) is 0 Å². The van der Waals surface area contributed by atoms with Crippen LogP contribution in [-0.2, 0) is 16.6 Å². The Hall–Kier alpha value is -2.93. The Labute approximate surface area is 174 Å². The third-order valence-corrected chi connectivity index (χ3v) is 6.07. The molecule has 4 aromatic rings. The second kappa shape index (κ2) is 8.21. The first-order valence-electron chi connectivity index (χ1n) is 8.86. The summed E-state index contributed by atoms with van der Waals surface area (Å²) in [6.45, 7) is 0.0995. The zero-order valence-electron chi connectivity index (χ0n) is 15.2. The first kappa shape index (κ1) is 19.4. The average molecular weight is 425 g/mol. The molecule has 0 aliphatic heterocycles. The van der Waals surface area contributed by atoms with Gasteiger partial charge in [-0.25, -0.2) is 13.1 Å². The molecule has 0 radical (unpaired) electrons. The monoisotopic (exact) mass is 424 g/mol. The molecule has 0 spiro atoms. The molecule has 2 aromatic heterocycles. The number of pyridine rings is 1. The van der Waals surface area contributed by atoms with Gasteiger partial charge in [0.15, 0.2) is 5.76 Å². The Kier molecular flexibility index (Phi) is 5.49. The maximum absolute atomic E-state index is 12.7. The van der Waals surface area contributed by atoms with Crippen molar-refractivity contribution in [1.82, 2.24) is 9.71 Å². The predicted octanol–water partition coefficient (Wildman–Crippen LogP) is 5.14. The smallest absolute Gasteiger partial charge is 0.240 e. The van der Waals surface area contributed by atoms with Gasteiger partial charge in [-0.05, 0) is 59.2 Å². The lowest BCUT2D eigenvalue weighted by Gasteiger charge is -2.10. The first-order chi connectivity index (χ1) is 14.0. The second-order valence-electron chi connectivity index (χ2n) is 6.35. The van der Waals surface area contributed by atoms with Crippen LogP contribution in [0.2, 0.25) is 5.02 Å². The molecule has 0 unspecified atom stereocenters. The molecule has 146 valence electrons. The van der Waals surface area contributed by atoms with Gasteiger partial charge in [0.25, 0.3) is 0 Å². The SMILES string of the molecule is O=S(=O)(NCc1cccnc1-c1ccco1)c1ccc(-c2cccc(Cl)c2)cc1. The second-order valence-corrected chi connectivity index (χ2v) is 8.55. The number of benzene rings is 2. The van der Waals surface area contributed by atoms with Gasteiger partial charge in [0.2, 0.25) is 10.0 Å². The highest BCUT2D eigenvalue weighted by molar-refractivity contribution is 7.89. The highest BCUT2D eigenvalue weighted by Crippen LogP contribution is 2.25. The van der Waals surface area contributed by atoms with Gasteiger partial charge in [-0.3, -0.25) is 4.98 Å². The van der Waals surface area contributed by atoms with Crippen molar-refractivity contribution < 1.29 is 12.8 Å². The van der Waals surface area contributed by atoms with Gasteiger partial charge >= 0.3 is 0 Å². The van der Waals surface area contributed by atoms with Crippen LogP contribution in [0.4, 0.5) is 0 Å². The van der Waals surface area contributed by atoms with Crippen LogP contribution in [0.25, 0.3) is 22.6 Å². The standard InChI is InChI=1S/C22H17ClN2O3S/c23-19-6-1-4-17(14-19)16-8-10-20(11-9-16)29(26,27)25-15-18-5-2-12-24-22(18)21-7-3-13-28-21/h1-14,25H,15H2. The number of hydrogen-bond donors (Lipinski definition) is 1. The fraction of sp³-hybridized carbons (Fsp3) is 0.0455. The Balaban J connectivity index is 1.53.